The molecular formula is C19H26FNO2. The molecule has 2 aliphatic rings. The topological polar surface area (TPSA) is 32.7 Å². The molecule has 1 unspecified atom stereocenters. The molecule has 0 amide bonds. The first kappa shape index (κ1) is 16.6. The number of ether oxygens (including phenoxy) is 1. The molecule has 126 valence electrons. The fourth-order valence-corrected chi connectivity index (χ4v) is 3.70. The van der Waals surface area contributed by atoms with Gasteiger partial charge in [-0.1, -0.05) is 24.3 Å². The predicted octanol–water partition coefficient (Wildman–Crippen LogP) is 3.23. The number of halogens is 1. The molecule has 0 aliphatic carbocycles. The van der Waals surface area contributed by atoms with Crippen LogP contribution in [0.15, 0.2) is 30.3 Å². The van der Waals surface area contributed by atoms with Crippen LogP contribution in [0.2, 0.25) is 0 Å². The standard InChI is InChI=1S/C19H26FNO2/c1-18(22)10-14-23-19(15-18)8-12-21(13-9-19)11-2-3-16-4-6-17(20)7-5-16/h2-7,22H,8-15H2,1H3. The Labute approximate surface area is 137 Å². The molecule has 23 heavy (non-hydrogen) atoms. The molecule has 0 aromatic heterocycles. The van der Waals surface area contributed by atoms with E-state index >= 15 is 0 Å². The van der Waals surface area contributed by atoms with Crippen molar-refractivity contribution < 1.29 is 14.2 Å². The van der Waals surface area contributed by atoms with E-state index in [1.807, 2.05) is 13.0 Å². The van der Waals surface area contributed by atoms with E-state index in [4.69, 9.17) is 4.74 Å². The van der Waals surface area contributed by atoms with E-state index in [1.165, 1.54) is 12.1 Å². The molecule has 2 saturated heterocycles. The molecular weight excluding hydrogens is 293 g/mol. The second-order valence-corrected chi connectivity index (χ2v) is 7.21. The van der Waals surface area contributed by atoms with E-state index in [9.17, 15) is 9.50 Å². The number of rotatable bonds is 3. The normalized spacial score (nSPS) is 28.5. The first-order chi connectivity index (χ1) is 11.0. The Morgan fingerprint density at radius 2 is 1.91 bits per heavy atom. The molecule has 1 aromatic rings. The van der Waals surface area contributed by atoms with E-state index in [0.717, 1.165) is 50.9 Å². The fourth-order valence-electron chi connectivity index (χ4n) is 3.70. The first-order valence-electron chi connectivity index (χ1n) is 8.47. The summed E-state index contributed by atoms with van der Waals surface area (Å²) in [6.07, 6.45) is 7.61. The summed E-state index contributed by atoms with van der Waals surface area (Å²) in [6.45, 7) is 5.46. The Hall–Kier alpha value is -1.23. The highest BCUT2D eigenvalue weighted by Gasteiger charge is 2.44. The van der Waals surface area contributed by atoms with Gasteiger partial charge in [-0.2, -0.15) is 0 Å². The van der Waals surface area contributed by atoms with Crippen LogP contribution in [0.4, 0.5) is 4.39 Å². The van der Waals surface area contributed by atoms with Gasteiger partial charge in [0.1, 0.15) is 5.82 Å². The predicted molar refractivity (Wildman–Crippen MR) is 89.6 cm³/mol. The highest BCUT2D eigenvalue weighted by molar-refractivity contribution is 5.48. The number of piperidine rings is 1. The number of aliphatic hydroxyl groups is 1. The van der Waals surface area contributed by atoms with Gasteiger partial charge in [0.15, 0.2) is 0 Å². The van der Waals surface area contributed by atoms with Crippen LogP contribution >= 0.6 is 0 Å². The zero-order chi connectivity index (χ0) is 16.3. The number of benzene rings is 1. The zero-order valence-electron chi connectivity index (χ0n) is 13.8. The van der Waals surface area contributed by atoms with Crippen LogP contribution in [0.25, 0.3) is 6.08 Å². The van der Waals surface area contributed by atoms with Crippen LogP contribution in [0.3, 0.4) is 0 Å². The van der Waals surface area contributed by atoms with E-state index < -0.39 is 5.60 Å². The Morgan fingerprint density at radius 3 is 2.57 bits per heavy atom. The van der Waals surface area contributed by atoms with E-state index in [2.05, 4.69) is 11.0 Å². The van der Waals surface area contributed by atoms with Crippen molar-refractivity contribution in [3.05, 3.63) is 41.7 Å². The van der Waals surface area contributed by atoms with Gasteiger partial charge in [-0.3, -0.25) is 4.90 Å². The number of nitrogens with zero attached hydrogens (tertiary/aromatic N) is 1. The lowest BCUT2D eigenvalue weighted by Gasteiger charge is -2.48. The maximum atomic E-state index is 12.9. The highest BCUT2D eigenvalue weighted by Crippen LogP contribution is 2.39. The van der Waals surface area contributed by atoms with Gasteiger partial charge in [-0.25, -0.2) is 4.39 Å². The monoisotopic (exact) mass is 319 g/mol. The summed E-state index contributed by atoms with van der Waals surface area (Å²) in [6, 6.07) is 6.54. The SMILES string of the molecule is CC1(O)CCOC2(CCN(CC=Cc3ccc(F)cc3)CC2)C1. The van der Waals surface area contributed by atoms with Crippen LogP contribution in [-0.4, -0.2) is 47.4 Å². The van der Waals surface area contributed by atoms with Gasteiger partial charge in [0, 0.05) is 26.1 Å². The largest absolute Gasteiger partial charge is 0.390 e. The average molecular weight is 319 g/mol. The average Bonchev–Trinajstić information content (AvgIpc) is 2.50. The van der Waals surface area contributed by atoms with Crippen molar-refractivity contribution >= 4 is 6.08 Å². The third kappa shape index (κ3) is 4.40. The molecule has 2 aliphatic heterocycles. The quantitative estimate of drug-likeness (QED) is 0.928. The van der Waals surface area contributed by atoms with Gasteiger partial charge in [0.2, 0.25) is 0 Å². The molecule has 0 bridgehead atoms. The van der Waals surface area contributed by atoms with Crippen LogP contribution in [0.5, 0.6) is 0 Å². The van der Waals surface area contributed by atoms with Crippen LogP contribution < -0.4 is 0 Å². The fraction of sp³-hybridized carbons (Fsp3) is 0.579. The van der Waals surface area contributed by atoms with Crippen LogP contribution in [0, 0.1) is 5.82 Å². The van der Waals surface area contributed by atoms with Gasteiger partial charge in [0.25, 0.3) is 0 Å². The third-order valence-electron chi connectivity index (χ3n) is 5.06. The first-order valence-corrected chi connectivity index (χ1v) is 8.47. The van der Waals surface area contributed by atoms with E-state index in [-0.39, 0.29) is 11.4 Å². The number of hydrogen-bond donors (Lipinski definition) is 1. The van der Waals surface area contributed by atoms with Gasteiger partial charge >= 0.3 is 0 Å². The molecule has 4 heteroatoms. The molecule has 0 radical (unpaired) electrons. The number of likely N-dealkylation sites (tertiary alicyclic amines) is 1. The van der Waals surface area contributed by atoms with Crippen molar-refractivity contribution in [1.29, 1.82) is 0 Å². The molecule has 2 fully saturated rings. The summed E-state index contributed by atoms with van der Waals surface area (Å²) in [5.41, 5.74) is 0.313. The van der Waals surface area contributed by atoms with Crippen molar-refractivity contribution in [2.45, 2.75) is 43.8 Å². The maximum Gasteiger partial charge on any atom is 0.123 e. The van der Waals surface area contributed by atoms with Crippen molar-refractivity contribution in [1.82, 2.24) is 4.90 Å². The molecule has 0 saturated carbocycles. The van der Waals surface area contributed by atoms with Gasteiger partial charge in [-0.15, -0.1) is 0 Å². The van der Waals surface area contributed by atoms with Crippen molar-refractivity contribution in [3.63, 3.8) is 0 Å². The summed E-state index contributed by atoms with van der Waals surface area (Å²) in [5, 5.41) is 10.3. The Kier molecular flexibility index (Phi) is 4.85. The van der Waals surface area contributed by atoms with E-state index in [1.54, 1.807) is 12.1 Å². The van der Waals surface area contributed by atoms with Crippen LogP contribution in [0.1, 0.15) is 38.2 Å². The second kappa shape index (κ2) is 6.71. The third-order valence-corrected chi connectivity index (χ3v) is 5.06. The second-order valence-electron chi connectivity index (χ2n) is 7.21. The Bertz CT molecular complexity index is 545. The molecule has 1 N–H and O–H groups in total. The Balaban J connectivity index is 1.48. The number of hydrogen-bond acceptors (Lipinski definition) is 3. The van der Waals surface area contributed by atoms with Crippen molar-refractivity contribution in [3.8, 4) is 0 Å². The van der Waals surface area contributed by atoms with Gasteiger partial charge in [0.05, 0.1) is 17.8 Å². The van der Waals surface area contributed by atoms with Crippen LogP contribution in [-0.2, 0) is 4.74 Å². The zero-order valence-corrected chi connectivity index (χ0v) is 13.8. The molecule has 1 spiro atoms. The molecule has 1 atom stereocenters. The van der Waals surface area contributed by atoms with Gasteiger partial charge < -0.3 is 9.84 Å². The molecule has 3 nitrogen and oxygen atoms in total. The lowest BCUT2D eigenvalue weighted by Crippen LogP contribution is -2.53. The summed E-state index contributed by atoms with van der Waals surface area (Å²) in [7, 11) is 0. The maximum absolute atomic E-state index is 12.9. The molecule has 2 heterocycles. The summed E-state index contributed by atoms with van der Waals surface area (Å²) in [5.74, 6) is -0.202. The van der Waals surface area contributed by atoms with Gasteiger partial charge in [-0.05, 0) is 43.9 Å². The van der Waals surface area contributed by atoms with E-state index in [0.29, 0.717) is 6.61 Å². The highest BCUT2D eigenvalue weighted by atomic mass is 19.1. The minimum atomic E-state index is -0.580. The lowest BCUT2D eigenvalue weighted by molar-refractivity contribution is -0.172. The summed E-state index contributed by atoms with van der Waals surface area (Å²) >= 11 is 0. The summed E-state index contributed by atoms with van der Waals surface area (Å²) < 4.78 is 18.9. The summed E-state index contributed by atoms with van der Waals surface area (Å²) in [4.78, 5) is 2.40. The Morgan fingerprint density at radius 1 is 1.22 bits per heavy atom. The van der Waals surface area contributed by atoms with Crippen molar-refractivity contribution in [2.24, 2.45) is 0 Å². The van der Waals surface area contributed by atoms with Crippen molar-refractivity contribution in [2.75, 3.05) is 26.2 Å². The smallest absolute Gasteiger partial charge is 0.123 e. The molecule has 1 aromatic carbocycles. The molecule has 3 rings (SSSR count). The minimum absolute atomic E-state index is 0.126. The minimum Gasteiger partial charge on any atom is -0.390 e. The lowest BCUT2D eigenvalue weighted by atomic mass is 9.78.